The topological polar surface area (TPSA) is 47.8 Å². The Morgan fingerprint density at radius 1 is 1.27 bits per heavy atom. The molecule has 0 amide bonds. The van der Waals surface area contributed by atoms with Crippen LogP contribution in [0.5, 0.6) is 0 Å². The van der Waals surface area contributed by atoms with E-state index in [1.165, 1.54) is 0 Å². The van der Waals surface area contributed by atoms with Gasteiger partial charge in [-0.05, 0) is 32.9 Å². The number of pyridine rings is 1. The monoisotopic (exact) mass is 203 g/mol. The molecule has 0 saturated carbocycles. The van der Waals surface area contributed by atoms with Crippen LogP contribution in [0.3, 0.4) is 0 Å². The molecule has 15 heavy (non-hydrogen) atoms. The second kappa shape index (κ2) is 3.15. The summed E-state index contributed by atoms with van der Waals surface area (Å²) < 4.78 is 1.62. The Hall–Kier alpha value is -1.71. The molecule has 0 saturated heterocycles. The van der Waals surface area contributed by atoms with Gasteiger partial charge in [0.2, 0.25) is 0 Å². The molecule has 4 nitrogen and oxygen atoms in total. The van der Waals surface area contributed by atoms with Crippen LogP contribution in [0.4, 0.5) is 0 Å². The highest BCUT2D eigenvalue weighted by atomic mass is 16.1. The third-order valence-electron chi connectivity index (χ3n) is 2.25. The quantitative estimate of drug-likeness (QED) is 0.652. The summed E-state index contributed by atoms with van der Waals surface area (Å²) in [5.74, 6) is 0. The molecule has 2 heterocycles. The van der Waals surface area contributed by atoms with Gasteiger partial charge in [-0.3, -0.25) is 9.36 Å². The first-order chi connectivity index (χ1) is 7.00. The minimum Gasteiger partial charge on any atom is -0.293 e. The van der Waals surface area contributed by atoms with Crippen LogP contribution < -0.4 is 5.56 Å². The van der Waals surface area contributed by atoms with Gasteiger partial charge < -0.3 is 0 Å². The molecule has 0 N–H and O–H groups in total. The number of fused-ring (bicyclic) bond motifs is 1. The average Bonchev–Trinajstić information content (AvgIpc) is 2.16. The maximum absolute atomic E-state index is 12.1. The summed E-state index contributed by atoms with van der Waals surface area (Å²) in [6, 6.07) is 3.50. The number of aromatic nitrogens is 3. The van der Waals surface area contributed by atoms with Crippen LogP contribution in [0.25, 0.3) is 11.0 Å². The molecule has 78 valence electrons. The van der Waals surface area contributed by atoms with Crippen LogP contribution in [-0.4, -0.2) is 14.5 Å². The van der Waals surface area contributed by atoms with Crippen molar-refractivity contribution < 1.29 is 0 Å². The van der Waals surface area contributed by atoms with Crippen LogP contribution >= 0.6 is 0 Å². The summed E-state index contributed by atoms with van der Waals surface area (Å²) in [6.07, 6.45) is 3.19. The molecule has 0 unspecified atom stereocenters. The Balaban J connectivity index is 2.83. The zero-order chi connectivity index (χ0) is 11.1. The van der Waals surface area contributed by atoms with Crippen molar-refractivity contribution in [3.05, 3.63) is 35.0 Å². The van der Waals surface area contributed by atoms with Gasteiger partial charge in [0.05, 0.1) is 5.39 Å². The van der Waals surface area contributed by atoms with E-state index in [2.05, 4.69) is 9.97 Å². The second-order valence-electron chi connectivity index (χ2n) is 4.47. The molecule has 0 aromatic carbocycles. The van der Waals surface area contributed by atoms with E-state index in [0.717, 1.165) is 0 Å². The minimum atomic E-state index is -0.256. The van der Waals surface area contributed by atoms with E-state index < -0.39 is 0 Å². The fourth-order valence-corrected chi connectivity index (χ4v) is 1.44. The van der Waals surface area contributed by atoms with E-state index in [4.69, 9.17) is 0 Å². The van der Waals surface area contributed by atoms with Crippen molar-refractivity contribution in [3.8, 4) is 0 Å². The van der Waals surface area contributed by atoms with Crippen molar-refractivity contribution in [2.24, 2.45) is 0 Å². The van der Waals surface area contributed by atoms with Gasteiger partial charge in [0.25, 0.3) is 5.56 Å². The summed E-state index contributed by atoms with van der Waals surface area (Å²) in [5.41, 5.74) is 0.206. The van der Waals surface area contributed by atoms with Crippen molar-refractivity contribution in [1.29, 1.82) is 0 Å². The number of hydrogen-bond donors (Lipinski definition) is 0. The molecule has 0 aliphatic rings. The Kier molecular flexibility index (Phi) is 2.07. The molecular weight excluding hydrogens is 190 g/mol. The Labute approximate surface area is 87.6 Å². The van der Waals surface area contributed by atoms with E-state index in [0.29, 0.717) is 11.0 Å². The molecule has 2 rings (SSSR count). The summed E-state index contributed by atoms with van der Waals surface area (Å²) in [5, 5.41) is 0.565. The smallest absolute Gasteiger partial charge is 0.263 e. The molecule has 2 aromatic heterocycles. The first-order valence-corrected chi connectivity index (χ1v) is 4.83. The van der Waals surface area contributed by atoms with Gasteiger partial charge in [0.1, 0.15) is 6.33 Å². The van der Waals surface area contributed by atoms with Crippen molar-refractivity contribution >= 4 is 11.0 Å². The molecule has 0 aliphatic carbocycles. The van der Waals surface area contributed by atoms with Gasteiger partial charge in [0, 0.05) is 11.7 Å². The van der Waals surface area contributed by atoms with Crippen molar-refractivity contribution in [2.75, 3.05) is 0 Å². The summed E-state index contributed by atoms with van der Waals surface area (Å²) >= 11 is 0. The molecule has 0 radical (unpaired) electrons. The zero-order valence-electron chi connectivity index (χ0n) is 9.06. The Morgan fingerprint density at radius 3 is 2.67 bits per heavy atom. The maximum Gasteiger partial charge on any atom is 0.263 e. The summed E-state index contributed by atoms with van der Waals surface area (Å²) in [4.78, 5) is 20.3. The lowest BCUT2D eigenvalue weighted by atomic mass is 10.1. The predicted octanol–water partition coefficient (Wildman–Crippen LogP) is 1.55. The van der Waals surface area contributed by atoms with Crippen LogP contribution in [-0.2, 0) is 5.54 Å². The molecule has 0 atom stereocenters. The molecule has 0 fully saturated rings. The van der Waals surface area contributed by atoms with Gasteiger partial charge in [-0.15, -0.1) is 0 Å². The van der Waals surface area contributed by atoms with Gasteiger partial charge in [-0.1, -0.05) is 0 Å². The first kappa shape index (κ1) is 9.83. The standard InChI is InChI=1S/C11H13N3O/c1-11(2,3)14-7-13-9-8(10(14)15)5-4-6-12-9/h4-7H,1-3H3. The van der Waals surface area contributed by atoms with Gasteiger partial charge in [-0.2, -0.15) is 0 Å². The maximum atomic E-state index is 12.1. The molecule has 0 aliphatic heterocycles. The SMILES string of the molecule is CC(C)(C)n1cnc2ncccc2c1=O. The minimum absolute atomic E-state index is 0.0411. The highest BCUT2D eigenvalue weighted by molar-refractivity contribution is 5.72. The van der Waals surface area contributed by atoms with E-state index in [1.807, 2.05) is 20.8 Å². The molecule has 4 heteroatoms. The van der Waals surface area contributed by atoms with Gasteiger partial charge in [0.15, 0.2) is 5.65 Å². The second-order valence-corrected chi connectivity index (χ2v) is 4.47. The first-order valence-electron chi connectivity index (χ1n) is 4.83. The lowest BCUT2D eigenvalue weighted by molar-refractivity contribution is 0.381. The highest BCUT2D eigenvalue weighted by Crippen LogP contribution is 2.11. The van der Waals surface area contributed by atoms with E-state index in [9.17, 15) is 4.79 Å². The molecular formula is C11H13N3O. The van der Waals surface area contributed by atoms with E-state index in [-0.39, 0.29) is 11.1 Å². The van der Waals surface area contributed by atoms with Crippen molar-refractivity contribution in [1.82, 2.24) is 14.5 Å². The van der Waals surface area contributed by atoms with E-state index >= 15 is 0 Å². The predicted molar refractivity (Wildman–Crippen MR) is 58.8 cm³/mol. The average molecular weight is 203 g/mol. The van der Waals surface area contributed by atoms with Crippen LogP contribution in [0.1, 0.15) is 20.8 Å². The third kappa shape index (κ3) is 1.63. The molecule has 2 aromatic rings. The van der Waals surface area contributed by atoms with E-state index in [1.54, 1.807) is 29.2 Å². The zero-order valence-corrected chi connectivity index (χ0v) is 9.06. The largest absolute Gasteiger partial charge is 0.293 e. The van der Waals surface area contributed by atoms with Crippen LogP contribution in [0.15, 0.2) is 29.5 Å². The number of hydrogen-bond acceptors (Lipinski definition) is 3. The third-order valence-corrected chi connectivity index (χ3v) is 2.25. The van der Waals surface area contributed by atoms with Crippen molar-refractivity contribution in [3.63, 3.8) is 0 Å². The highest BCUT2D eigenvalue weighted by Gasteiger charge is 2.16. The lowest BCUT2D eigenvalue weighted by Gasteiger charge is -2.21. The summed E-state index contributed by atoms with van der Waals surface area (Å²) in [6.45, 7) is 5.91. The lowest BCUT2D eigenvalue weighted by Crippen LogP contribution is -2.33. The van der Waals surface area contributed by atoms with Crippen LogP contribution in [0.2, 0.25) is 0 Å². The van der Waals surface area contributed by atoms with Crippen LogP contribution in [0, 0.1) is 0 Å². The molecule has 0 bridgehead atoms. The van der Waals surface area contributed by atoms with Gasteiger partial charge >= 0.3 is 0 Å². The fraction of sp³-hybridized carbons (Fsp3) is 0.364. The summed E-state index contributed by atoms with van der Waals surface area (Å²) in [7, 11) is 0. The normalized spacial score (nSPS) is 11.9. The van der Waals surface area contributed by atoms with Crippen molar-refractivity contribution in [2.45, 2.75) is 26.3 Å². The van der Waals surface area contributed by atoms with Gasteiger partial charge in [-0.25, -0.2) is 9.97 Å². The Morgan fingerprint density at radius 2 is 2.00 bits per heavy atom. The number of rotatable bonds is 0. The number of nitrogens with zero attached hydrogens (tertiary/aromatic N) is 3. The fourth-order valence-electron chi connectivity index (χ4n) is 1.44. The molecule has 0 spiro atoms. The Bertz CT molecular complexity index is 551.